The van der Waals surface area contributed by atoms with Crippen molar-refractivity contribution in [1.29, 1.82) is 0 Å². The maximum absolute atomic E-state index is 13.7. The van der Waals surface area contributed by atoms with Crippen molar-refractivity contribution in [3.05, 3.63) is 29.1 Å². The van der Waals surface area contributed by atoms with Gasteiger partial charge in [-0.05, 0) is 23.2 Å². The molecule has 1 aromatic carbocycles. The molecule has 0 bridgehead atoms. The first-order valence-electron chi connectivity index (χ1n) is 5.56. The van der Waals surface area contributed by atoms with Gasteiger partial charge in [-0.3, -0.25) is 0 Å². The standard InChI is InChI=1S/C11H10BFO5/c13-10-1-6-3-17-12(15)9(6)2-8(10)11(14)18-7-4-16-5-7/h1-2,7,15H,3-5H2. The molecule has 18 heavy (non-hydrogen) atoms. The van der Waals surface area contributed by atoms with Crippen molar-refractivity contribution >= 4 is 18.6 Å². The summed E-state index contributed by atoms with van der Waals surface area (Å²) in [5.41, 5.74) is 0.766. The Balaban J connectivity index is 1.87. The second-order valence-corrected chi connectivity index (χ2v) is 4.26. The molecule has 2 aliphatic rings. The molecule has 1 N–H and O–H groups in total. The fraction of sp³-hybridized carbons (Fsp3) is 0.364. The van der Waals surface area contributed by atoms with Gasteiger partial charge in [0.15, 0.2) is 0 Å². The molecule has 5 nitrogen and oxygen atoms in total. The van der Waals surface area contributed by atoms with Gasteiger partial charge in [-0.1, -0.05) is 0 Å². The van der Waals surface area contributed by atoms with Crippen LogP contribution in [0.15, 0.2) is 12.1 Å². The van der Waals surface area contributed by atoms with Crippen LogP contribution in [0.3, 0.4) is 0 Å². The van der Waals surface area contributed by atoms with E-state index in [0.717, 1.165) is 0 Å². The van der Waals surface area contributed by atoms with Crippen molar-refractivity contribution in [2.75, 3.05) is 13.2 Å². The van der Waals surface area contributed by atoms with E-state index < -0.39 is 18.9 Å². The molecule has 0 atom stereocenters. The number of carbonyl (C=O) groups excluding carboxylic acids is 1. The summed E-state index contributed by atoms with van der Waals surface area (Å²) >= 11 is 0. The van der Waals surface area contributed by atoms with Crippen molar-refractivity contribution < 1.29 is 28.3 Å². The van der Waals surface area contributed by atoms with Crippen LogP contribution in [-0.2, 0) is 20.7 Å². The van der Waals surface area contributed by atoms with Gasteiger partial charge in [-0.2, -0.15) is 0 Å². The number of hydrogen-bond donors (Lipinski definition) is 1. The number of halogens is 1. The zero-order valence-electron chi connectivity index (χ0n) is 9.39. The van der Waals surface area contributed by atoms with Crippen LogP contribution < -0.4 is 5.46 Å². The zero-order chi connectivity index (χ0) is 12.7. The SMILES string of the molecule is O=C(OC1COC1)c1cc2c(cc1F)COB2O. The maximum atomic E-state index is 13.7. The minimum Gasteiger partial charge on any atom is -0.454 e. The van der Waals surface area contributed by atoms with Gasteiger partial charge in [-0.25, -0.2) is 9.18 Å². The molecular formula is C11H10BFO5. The van der Waals surface area contributed by atoms with Gasteiger partial charge in [0.05, 0.1) is 25.4 Å². The molecule has 2 heterocycles. The summed E-state index contributed by atoms with van der Waals surface area (Å²) < 4.78 is 28.6. The molecule has 1 fully saturated rings. The first-order chi connectivity index (χ1) is 8.65. The summed E-state index contributed by atoms with van der Waals surface area (Å²) in [7, 11) is -1.11. The lowest BCUT2D eigenvalue weighted by Crippen LogP contribution is -2.38. The number of esters is 1. The Bertz CT molecular complexity index is 502. The highest BCUT2D eigenvalue weighted by Gasteiger charge is 2.31. The van der Waals surface area contributed by atoms with E-state index in [1.807, 2.05) is 0 Å². The average molecular weight is 252 g/mol. The molecule has 0 radical (unpaired) electrons. The van der Waals surface area contributed by atoms with Gasteiger partial charge >= 0.3 is 13.1 Å². The van der Waals surface area contributed by atoms with Crippen molar-refractivity contribution in [3.63, 3.8) is 0 Å². The summed E-state index contributed by atoms with van der Waals surface area (Å²) in [6.07, 6.45) is -0.314. The van der Waals surface area contributed by atoms with Crippen LogP contribution in [0, 0.1) is 5.82 Å². The second-order valence-electron chi connectivity index (χ2n) is 4.26. The predicted octanol–water partition coefficient (Wildman–Crippen LogP) is -0.401. The summed E-state index contributed by atoms with van der Waals surface area (Å²) in [5.74, 6) is -1.42. The molecule has 0 spiro atoms. The Hall–Kier alpha value is -1.44. The summed E-state index contributed by atoms with van der Waals surface area (Å²) in [6, 6.07) is 2.48. The van der Waals surface area contributed by atoms with Crippen molar-refractivity contribution in [2.24, 2.45) is 0 Å². The van der Waals surface area contributed by atoms with E-state index in [0.29, 0.717) is 24.2 Å². The minimum atomic E-state index is -1.11. The monoisotopic (exact) mass is 252 g/mol. The highest BCUT2D eigenvalue weighted by molar-refractivity contribution is 6.61. The maximum Gasteiger partial charge on any atom is 0.491 e. The number of rotatable bonds is 2. The smallest absolute Gasteiger partial charge is 0.454 e. The van der Waals surface area contributed by atoms with Crippen LogP contribution in [0.1, 0.15) is 15.9 Å². The molecule has 0 unspecified atom stereocenters. The van der Waals surface area contributed by atoms with Gasteiger partial charge in [0, 0.05) is 0 Å². The summed E-state index contributed by atoms with van der Waals surface area (Å²) in [4.78, 5) is 11.7. The van der Waals surface area contributed by atoms with E-state index in [9.17, 15) is 14.2 Å². The Morgan fingerprint density at radius 2 is 2.28 bits per heavy atom. The molecule has 0 aliphatic carbocycles. The lowest BCUT2D eigenvalue weighted by Gasteiger charge is -2.25. The first-order valence-corrected chi connectivity index (χ1v) is 5.56. The Labute approximate surface area is 103 Å². The zero-order valence-corrected chi connectivity index (χ0v) is 9.39. The molecule has 0 saturated carbocycles. The fourth-order valence-corrected chi connectivity index (χ4v) is 1.90. The normalized spacial score (nSPS) is 18.4. The molecule has 7 heteroatoms. The number of ether oxygens (including phenoxy) is 2. The summed E-state index contributed by atoms with van der Waals surface area (Å²) in [5, 5.41) is 9.50. The summed E-state index contributed by atoms with van der Waals surface area (Å²) in [6.45, 7) is 0.813. The molecule has 1 saturated heterocycles. The quantitative estimate of drug-likeness (QED) is 0.573. The third-order valence-corrected chi connectivity index (χ3v) is 2.99. The highest BCUT2D eigenvalue weighted by atomic mass is 19.1. The number of benzene rings is 1. The Morgan fingerprint density at radius 3 is 2.94 bits per heavy atom. The lowest BCUT2D eigenvalue weighted by molar-refractivity contribution is -0.103. The van der Waals surface area contributed by atoms with Crippen LogP contribution >= 0.6 is 0 Å². The van der Waals surface area contributed by atoms with E-state index >= 15 is 0 Å². The topological polar surface area (TPSA) is 65.0 Å². The molecule has 1 aromatic rings. The lowest BCUT2D eigenvalue weighted by atomic mass is 9.78. The average Bonchev–Trinajstić information content (AvgIpc) is 2.64. The van der Waals surface area contributed by atoms with Crippen LogP contribution in [-0.4, -0.2) is 37.4 Å². The minimum absolute atomic E-state index is 0.138. The number of hydrogen-bond acceptors (Lipinski definition) is 5. The number of carbonyl (C=O) groups is 1. The van der Waals surface area contributed by atoms with Crippen molar-refractivity contribution in [2.45, 2.75) is 12.7 Å². The molecule has 3 rings (SSSR count). The van der Waals surface area contributed by atoms with Gasteiger partial charge in [0.1, 0.15) is 11.9 Å². The predicted molar refractivity (Wildman–Crippen MR) is 58.8 cm³/mol. The first kappa shape index (κ1) is 11.6. The van der Waals surface area contributed by atoms with Crippen LogP contribution in [0.4, 0.5) is 4.39 Å². The third kappa shape index (κ3) is 1.90. The van der Waals surface area contributed by atoms with Crippen LogP contribution in [0.25, 0.3) is 0 Å². The molecular weight excluding hydrogens is 242 g/mol. The fourth-order valence-electron chi connectivity index (χ4n) is 1.90. The molecule has 0 amide bonds. The van der Waals surface area contributed by atoms with Gasteiger partial charge in [0.25, 0.3) is 0 Å². The largest absolute Gasteiger partial charge is 0.491 e. The highest BCUT2D eigenvalue weighted by Crippen LogP contribution is 2.17. The van der Waals surface area contributed by atoms with Crippen LogP contribution in [0.5, 0.6) is 0 Å². The Kier molecular flexibility index (Phi) is 2.81. The van der Waals surface area contributed by atoms with Crippen molar-refractivity contribution in [3.8, 4) is 0 Å². The van der Waals surface area contributed by atoms with Crippen molar-refractivity contribution in [1.82, 2.24) is 0 Å². The van der Waals surface area contributed by atoms with E-state index in [1.54, 1.807) is 0 Å². The van der Waals surface area contributed by atoms with Gasteiger partial charge in [-0.15, -0.1) is 0 Å². The van der Waals surface area contributed by atoms with Gasteiger partial charge < -0.3 is 19.2 Å². The second kappa shape index (κ2) is 4.35. The van der Waals surface area contributed by atoms with E-state index in [4.69, 9.17) is 14.1 Å². The third-order valence-electron chi connectivity index (χ3n) is 2.99. The number of fused-ring (bicyclic) bond motifs is 1. The molecule has 94 valence electrons. The van der Waals surface area contributed by atoms with Crippen LogP contribution in [0.2, 0.25) is 0 Å². The van der Waals surface area contributed by atoms with Gasteiger partial charge in [0.2, 0.25) is 0 Å². The van der Waals surface area contributed by atoms with E-state index in [2.05, 4.69) is 0 Å². The molecule has 0 aromatic heterocycles. The van der Waals surface area contributed by atoms with E-state index in [-0.39, 0.29) is 18.3 Å². The van der Waals surface area contributed by atoms with E-state index in [1.165, 1.54) is 12.1 Å². The Morgan fingerprint density at radius 1 is 1.50 bits per heavy atom. The molecule has 2 aliphatic heterocycles.